The van der Waals surface area contributed by atoms with E-state index in [0.717, 1.165) is 24.1 Å². The van der Waals surface area contributed by atoms with E-state index >= 15 is 0 Å². The molecule has 0 bridgehead atoms. The molecule has 28 heavy (non-hydrogen) atoms. The van der Waals surface area contributed by atoms with Gasteiger partial charge in [-0.2, -0.15) is 0 Å². The van der Waals surface area contributed by atoms with E-state index < -0.39 is 0 Å². The van der Waals surface area contributed by atoms with Gasteiger partial charge >= 0.3 is 12.1 Å². The molecule has 0 radical (unpaired) electrons. The molecule has 0 aromatic heterocycles. The Bertz CT molecular complexity index is 716. The van der Waals surface area contributed by atoms with Crippen molar-refractivity contribution >= 4 is 23.8 Å². The predicted octanol–water partition coefficient (Wildman–Crippen LogP) is 4.34. The monoisotopic (exact) mass is 388 g/mol. The van der Waals surface area contributed by atoms with Crippen LogP contribution >= 0.6 is 0 Å². The third kappa shape index (κ3) is 5.06. The number of piperazine rings is 1. The molecule has 0 unspecified atom stereocenters. The minimum atomic E-state index is -0.349. The number of carbonyl (C=O) groups excluding carboxylic acids is 2. The molecule has 1 aliphatic rings. The Labute approximate surface area is 168 Å². The van der Waals surface area contributed by atoms with Crippen LogP contribution in [0.25, 0.3) is 6.08 Å². The summed E-state index contributed by atoms with van der Waals surface area (Å²) in [4.78, 5) is 28.4. The van der Waals surface area contributed by atoms with Crippen LogP contribution in [0, 0.1) is 0 Å². The van der Waals surface area contributed by atoms with Crippen LogP contribution in [0.2, 0.25) is 0 Å². The summed E-state index contributed by atoms with van der Waals surface area (Å²) < 4.78 is 10.2. The largest absolute Gasteiger partial charge is 0.465 e. The number of methoxy groups -OCH3 is 1. The minimum absolute atomic E-state index is 0.0315. The van der Waals surface area contributed by atoms with Gasteiger partial charge in [-0.15, -0.1) is 0 Å². The topological polar surface area (TPSA) is 59.1 Å². The van der Waals surface area contributed by atoms with Gasteiger partial charge in [0.1, 0.15) is 0 Å². The molecule has 0 aliphatic carbocycles. The Hall–Kier alpha value is -2.50. The van der Waals surface area contributed by atoms with Gasteiger partial charge in [0.05, 0.1) is 19.3 Å². The average molecular weight is 389 g/mol. The molecule has 1 heterocycles. The van der Waals surface area contributed by atoms with Crippen molar-refractivity contribution in [3.63, 3.8) is 0 Å². The second kappa shape index (κ2) is 10.2. The Morgan fingerprint density at radius 2 is 1.96 bits per heavy atom. The van der Waals surface area contributed by atoms with E-state index in [9.17, 15) is 9.59 Å². The van der Waals surface area contributed by atoms with E-state index in [0.29, 0.717) is 25.3 Å². The molecule has 6 nitrogen and oxygen atoms in total. The number of benzene rings is 1. The number of unbranched alkanes of at least 4 members (excludes halogenated alkanes) is 1. The highest BCUT2D eigenvalue weighted by Crippen LogP contribution is 2.29. The quantitative estimate of drug-likeness (QED) is 0.536. The summed E-state index contributed by atoms with van der Waals surface area (Å²) in [6.07, 6.45) is 5.60. The van der Waals surface area contributed by atoms with Crippen LogP contribution in [0.1, 0.15) is 56.5 Å². The van der Waals surface area contributed by atoms with E-state index in [-0.39, 0.29) is 24.1 Å². The van der Waals surface area contributed by atoms with Crippen molar-refractivity contribution < 1.29 is 19.1 Å². The van der Waals surface area contributed by atoms with Gasteiger partial charge in [-0.3, -0.25) is 0 Å². The molecule has 0 N–H and O–H groups in total. The standard InChI is InChI=1S/C22H32N2O4/c1-6-8-12-28-22(26)24-15-16(3)23(14-17(24)4)20-11-10-19(21(25)27-5)13-18(20)9-7-2/h7,9-11,13,16-17H,6,8,12,14-15H2,1-5H3/b9-7-/t16-,17+/m1/s1. The lowest BCUT2D eigenvalue weighted by Gasteiger charge is -2.45. The Morgan fingerprint density at radius 3 is 2.61 bits per heavy atom. The molecular formula is C22H32N2O4. The Morgan fingerprint density at radius 1 is 1.21 bits per heavy atom. The van der Waals surface area contributed by atoms with Gasteiger partial charge in [-0.05, 0) is 51.0 Å². The van der Waals surface area contributed by atoms with Gasteiger partial charge < -0.3 is 19.3 Å². The van der Waals surface area contributed by atoms with Crippen LogP contribution < -0.4 is 4.90 Å². The summed E-state index contributed by atoms with van der Waals surface area (Å²) in [5.41, 5.74) is 2.53. The van der Waals surface area contributed by atoms with Crippen LogP contribution in [0.15, 0.2) is 24.3 Å². The molecule has 2 atom stereocenters. The van der Waals surface area contributed by atoms with Crippen LogP contribution in [0.4, 0.5) is 10.5 Å². The molecule has 1 saturated heterocycles. The molecular weight excluding hydrogens is 356 g/mol. The van der Waals surface area contributed by atoms with Crippen LogP contribution in [-0.4, -0.2) is 55.9 Å². The van der Waals surface area contributed by atoms with Crippen molar-refractivity contribution in [1.82, 2.24) is 4.90 Å². The first kappa shape index (κ1) is 21.8. The maximum absolute atomic E-state index is 12.4. The molecule has 1 aliphatic heterocycles. The van der Waals surface area contributed by atoms with Crippen molar-refractivity contribution in [2.24, 2.45) is 0 Å². The van der Waals surface area contributed by atoms with Gasteiger partial charge in [0.25, 0.3) is 0 Å². The number of rotatable bonds is 6. The van der Waals surface area contributed by atoms with Gasteiger partial charge in [0.2, 0.25) is 0 Å². The van der Waals surface area contributed by atoms with E-state index in [1.165, 1.54) is 7.11 Å². The lowest BCUT2D eigenvalue weighted by Crippen LogP contribution is -2.58. The SMILES string of the molecule is C/C=C\c1cc(C(=O)OC)ccc1N1C[C@H](C)N(C(=O)OCCCC)C[C@H]1C. The van der Waals surface area contributed by atoms with E-state index in [2.05, 4.69) is 18.7 Å². The lowest BCUT2D eigenvalue weighted by atomic mass is 10.0. The van der Waals surface area contributed by atoms with E-state index in [1.807, 2.05) is 43.0 Å². The number of hydrogen-bond acceptors (Lipinski definition) is 5. The summed E-state index contributed by atoms with van der Waals surface area (Å²) in [5, 5.41) is 0. The smallest absolute Gasteiger partial charge is 0.410 e. The third-order valence-corrected chi connectivity index (χ3v) is 5.05. The van der Waals surface area contributed by atoms with Gasteiger partial charge in [-0.1, -0.05) is 25.5 Å². The summed E-state index contributed by atoms with van der Waals surface area (Å²) in [6.45, 7) is 9.93. The van der Waals surface area contributed by atoms with Crippen LogP contribution in [0.3, 0.4) is 0 Å². The zero-order valence-corrected chi connectivity index (χ0v) is 17.6. The normalized spacial score (nSPS) is 19.8. The number of esters is 1. The number of amides is 1. The first-order chi connectivity index (χ1) is 13.4. The van der Waals surface area contributed by atoms with Crippen molar-refractivity contribution in [3.05, 3.63) is 35.4 Å². The number of allylic oxidation sites excluding steroid dienone is 1. The molecule has 154 valence electrons. The first-order valence-electron chi connectivity index (χ1n) is 9.98. The summed E-state index contributed by atoms with van der Waals surface area (Å²) >= 11 is 0. The molecule has 1 amide bonds. The second-order valence-corrected chi connectivity index (χ2v) is 7.24. The molecule has 1 fully saturated rings. The highest BCUT2D eigenvalue weighted by molar-refractivity contribution is 5.91. The summed E-state index contributed by atoms with van der Waals surface area (Å²) in [5.74, 6) is -0.349. The number of ether oxygens (including phenoxy) is 2. The third-order valence-electron chi connectivity index (χ3n) is 5.05. The maximum Gasteiger partial charge on any atom is 0.410 e. The van der Waals surface area contributed by atoms with Gasteiger partial charge in [-0.25, -0.2) is 9.59 Å². The van der Waals surface area contributed by atoms with Gasteiger partial charge in [0.15, 0.2) is 0 Å². The fourth-order valence-electron chi connectivity index (χ4n) is 3.48. The number of carbonyl (C=O) groups is 2. The van der Waals surface area contributed by atoms with Crippen molar-refractivity contribution in [1.29, 1.82) is 0 Å². The van der Waals surface area contributed by atoms with Crippen LogP contribution in [0.5, 0.6) is 0 Å². The van der Waals surface area contributed by atoms with Crippen molar-refractivity contribution in [2.45, 2.75) is 52.6 Å². The van der Waals surface area contributed by atoms with Crippen LogP contribution in [-0.2, 0) is 9.47 Å². The maximum atomic E-state index is 12.4. The predicted molar refractivity (Wildman–Crippen MR) is 112 cm³/mol. The molecule has 0 saturated carbocycles. The average Bonchev–Trinajstić information content (AvgIpc) is 2.69. The van der Waals surface area contributed by atoms with E-state index in [4.69, 9.17) is 9.47 Å². The first-order valence-corrected chi connectivity index (χ1v) is 9.98. The fraction of sp³-hybridized carbons (Fsp3) is 0.545. The molecule has 6 heteroatoms. The highest BCUT2D eigenvalue weighted by atomic mass is 16.6. The molecule has 0 spiro atoms. The number of hydrogen-bond donors (Lipinski definition) is 0. The number of anilines is 1. The second-order valence-electron chi connectivity index (χ2n) is 7.24. The lowest BCUT2D eigenvalue weighted by molar-refractivity contribution is 0.0600. The summed E-state index contributed by atoms with van der Waals surface area (Å²) in [7, 11) is 1.38. The number of nitrogens with zero attached hydrogens (tertiary/aromatic N) is 2. The summed E-state index contributed by atoms with van der Waals surface area (Å²) in [6, 6.07) is 5.76. The minimum Gasteiger partial charge on any atom is -0.465 e. The molecule has 1 aromatic rings. The van der Waals surface area contributed by atoms with E-state index in [1.54, 1.807) is 6.07 Å². The van der Waals surface area contributed by atoms with Crippen molar-refractivity contribution in [2.75, 3.05) is 31.7 Å². The molecule has 2 rings (SSSR count). The highest BCUT2D eigenvalue weighted by Gasteiger charge is 2.33. The Kier molecular flexibility index (Phi) is 7.91. The zero-order valence-electron chi connectivity index (χ0n) is 17.6. The Balaban J connectivity index is 2.20. The van der Waals surface area contributed by atoms with Gasteiger partial charge in [0, 0.05) is 30.9 Å². The zero-order chi connectivity index (χ0) is 20.7. The fourth-order valence-corrected chi connectivity index (χ4v) is 3.48. The molecule has 1 aromatic carbocycles. The van der Waals surface area contributed by atoms with Crippen molar-refractivity contribution in [3.8, 4) is 0 Å².